The molecule has 0 aliphatic carbocycles. The second-order valence-corrected chi connectivity index (χ2v) is 9.73. The number of aliphatic imine (C=N–C) groups is 1. The highest BCUT2D eigenvalue weighted by atomic mass is 19.1. The number of hydrogen-bond donors (Lipinski definition) is 1. The van der Waals surface area contributed by atoms with E-state index in [2.05, 4.69) is 64.2 Å². The Kier molecular flexibility index (Phi) is 12.1. The lowest BCUT2D eigenvalue weighted by Gasteiger charge is -2.24. The first-order chi connectivity index (χ1) is 17.3. The Bertz CT molecular complexity index is 1050. The van der Waals surface area contributed by atoms with Crippen LogP contribution in [-0.2, 0) is 6.42 Å². The summed E-state index contributed by atoms with van der Waals surface area (Å²) < 4.78 is 15.1. The molecule has 36 heavy (non-hydrogen) atoms. The molecular weight excluding hydrogens is 447 g/mol. The van der Waals surface area contributed by atoms with Gasteiger partial charge >= 0.3 is 0 Å². The first-order valence-corrected chi connectivity index (χ1v) is 13.7. The summed E-state index contributed by atoms with van der Waals surface area (Å²) >= 11 is 0. The summed E-state index contributed by atoms with van der Waals surface area (Å²) in [5.74, 6) is -0.310. The quantitative estimate of drug-likeness (QED) is 0.355. The molecule has 3 rings (SSSR count). The smallest absolute Gasteiger partial charge is 0.254 e. The minimum Gasteiger partial charge on any atom is -0.349 e. The van der Waals surface area contributed by atoms with Crippen LogP contribution in [0.2, 0.25) is 0 Å². The normalized spacial score (nSPS) is 15.7. The Morgan fingerprint density at radius 2 is 1.81 bits per heavy atom. The van der Waals surface area contributed by atoms with Crippen molar-refractivity contribution in [2.45, 2.75) is 99.0 Å². The molecule has 0 radical (unpaired) electrons. The highest BCUT2D eigenvalue weighted by Gasteiger charge is 2.23. The Labute approximate surface area is 218 Å². The number of carbonyl (C=O) groups is 1. The molecule has 0 bridgehead atoms. The van der Waals surface area contributed by atoms with Crippen LogP contribution in [0.4, 0.5) is 4.39 Å². The van der Waals surface area contributed by atoms with Crippen molar-refractivity contribution in [2.24, 2.45) is 10.9 Å². The van der Waals surface area contributed by atoms with E-state index in [1.165, 1.54) is 22.8 Å². The summed E-state index contributed by atoms with van der Waals surface area (Å²) in [6.45, 7) is 14.6. The van der Waals surface area contributed by atoms with E-state index < -0.39 is 5.82 Å². The van der Waals surface area contributed by atoms with Crippen molar-refractivity contribution in [3.8, 4) is 0 Å². The van der Waals surface area contributed by atoms with Crippen molar-refractivity contribution in [3.05, 3.63) is 81.8 Å². The first-order valence-electron chi connectivity index (χ1n) is 13.7. The van der Waals surface area contributed by atoms with Crippen LogP contribution < -0.4 is 5.32 Å². The van der Waals surface area contributed by atoms with Gasteiger partial charge in [0.15, 0.2) is 0 Å². The molecular formula is C32H45FN2O. The number of carbonyl (C=O) groups excluding carboxylic acids is 1. The molecule has 0 saturated heterocycles. The lowest BCUT2D eigenvalue weighted by molar-refractivity contribution is 0.0928. The Balaban J connectivity index is 0.00000222. The second-order valence-electron chi connectivity index (χ2n) is 9.73. The van der Waals surface area contributed by atoms with Crippen LogP contribution in [0.1, 0.15) is 105 Å². The van der Waals surface area contributed by atoms with Gasteiger partial charge in [-0.3, -0.25) is 9.79 Å². The summed E-state index contributed by atoms with van der Waals surface area (Å²) in [6.07, 6.45) is 9.63. The highest BCUT2D eigenvalue weighted by Crippen LogP contribution is 2.34. The zero-order chi connectivity index (χ0) is 26.7. The van der Waals surface area contributed by atoms with Crippen LogP contribution >= 0.6 is 0 Å². The fourth-order valence-corrected chi connectivity index (χ4v) is 4.75. The number of nitrogens with one attached hydrogen (secondary N) is 1. The van der Waals surface area contributed by atoms with Gasteiger partial charge in [0.25, 0.3) is 5.91 Å². The Morgan fingerprint density at radius 1 is 1.11 bits per heavy atom. The first kappa shape index (κ1) is 29.5. The predicted molar refractivity (Wildman–Crippen MR) is 152 cm³/mol. The van der Waals surface area contributed by atoms with Crippen molar-refractivity contribution in [1.29, 1.82) is 0 Å². The van der Waals surface area contributed by atoms with Gasteiger partial charge in [-0.05, 0) is 79.8 Å². The average molecular weight is 493 g/mol. The van der Waals surface area contributed by atoms with Crippen molar-refractivity contribution >= 4 is 12.1 Å². The molecule has 1 amide bonds. The van der Waals surface area contributed by atoms with Gasteiger partial charge in [0, 0.05) is 23.9 Å². The molecule has 1 aliphatic rings. The van der Waals surface area contributed by atoms with Gasteiger partial charge in [-0.1, -0.05) is 77.8 Å². The molecule has 196 valence electrons. The van der Waals surface area contributed by atoms with Crippen molar-refractivity contribution < 1.29 is 9.18 Å². The number of aryl methyl sites for hydroxylation is 1. The molecule has 1 N–H and O–H groups in total. The lowest BCUT2D eigenvalue weighted by atomic mass is 9.84. The SMILES string of the molecule is CC.CCCC(CCC)NC(=O)c1ccc(CC(C2=CCC(C)C=N2)c2cccc(C)c2C)cc1F. The van der Waals surface area contributed by atoms with Gasteiger partial charge in [-0.2, -0.15) is 0 Å². The largest absolute Gasteiger partial charge is 0.349 e. The number of nitrogens with zero attached hydrogens (tertiary/aromatic N) is 1. The fourth-order valence-electron chi connectivity index (χ4n) is 4.75. The van der Waals surface area contributed by atoms with Gasteiger partial charge in [0.1, 0.15) is 5.82 Å². The minimum absolute atomic E-state index is 0.0428. The molecule has 2 unspecified atom stereocenters. The zero-order valence-corrected chi connectivity index (χ0v) is 23.3. The molecule has 1 heterocycles. The van der Waals surface area contributed by atoms with E-state index in [1.807, 2.05) is 26.1 Å². The molecule has 0 aromatic heterocycles. The number of hydrogen-bond acceptors (Lipinski definition) is 2. The molecule has 0 saturated carbocycles. The van der Waals surface area contributed by atoms with Crippen molar-refractivity contribution in [3.63, 3.8) is 0 Å². The standard InChI is InChI=1S/C30H39FN2O.C2H6/c1-6-9-24(10-7-2)33-30(34)26-15-14-23(18-28(26)31)17-27(29-16-13-20(3)19-32-29)25-12-8-11-21(4)22(25)5;1-2/h8,11-12,14-16,18-20,24,27H,6-7,9-10,13,17H2,1-5H3,(H,33,34);1-2H3. The fraction of sp³-hybridized carbons (Fsp3) is 0.500. The van der Waals surface area contributed by atoms with E-state index in [0.29, 0.717) is 12.3 Å². The third-order valence-electron chi connectivity index (χ3n) is 6.88. The van der Waals surface area contributed by atoms with Gasteiger partial charge in [-0.15, -0.1) is 0 Å². The zero-order valence-electron chi connectivity index (χ0n) is 23.3. The number of amides is 1. The molecule has 3 nitrogen and oxygen atoms in total. The van der Waals surface area contributed by atoms with Crippen LogP contribution in [0.5, 0.6) is 0 Å². The van der Waals surface area contributed by atoms with E-state index in [9.17, 15) is 4.79 Å². The monoisotopic (exact) mass is 492 g/mol. The van der Waals surface area contributed by atoms with Crippen LogP contribution in [0, 0.1) is 25.6 Å². The molecule has 2 atom stereocenters. The summed E-state index contributed by atoms with van der Waals surface area (Å²) in [5, 5.41) is 3.02. The molecule has 0 spiro atoms. The highest BCUT2D eigenvalue weighted by molar-refractivity contribution is 5.94. The second kappa shape index (κ2) is 14.7. The number of halogens is 1. The predicted octanol–water partition coefficient (Wildman–Crippen LogP) is 8.49. The van der Waals surface area contributed by atoms with Crippen LogP contribution in [-0.4, -0.2) is 18.2 Å². The van der Waals surface area contributed by atoms with E-state index in [1.54, 1.807) is 6.07 Å². The topological polar surface area (TPSA) is 41.5 Å². The van der Waals surface area contributed by atoms with Gasteiger partial charge in [0.05, 0.1) is 5.56 Å². The maximum absolute atomic E-state index is 15.1. The van der Waals surface area contributed by atoms with Crippen LogP contribution in [0.15, 0.2) is 53.2 Å². The summed E-state index contributed by atoms with van der Waals surface area (Å²) in [7, 11) is 0. The van der Waals surface area contributed by atoms with Crippen molar-refractivity contribution in [1.82, 2.24) is 5.32 Å². The molecule has 4 heteroatoms. The van der Waals surface area contributed by atoms with Gasteiger partial charge in [0.2, 0.25) is 0 Å². The number of benzene rings is 2. The summed E-state index contributed by atoms with van der Waals surface area (Å²) in [4.78, 5) is 17.5. The van der Waals surface area contributed by atoms with Crippen LogP contribution in [0.25, 0.3) is 0 Å². The Morgan fingerprint density at radius 3 is 2.39 bits per heavy atom. The van der Waals surface area contributed by atoms with E-state index >= 15 is 4.39 Å². The molecule has 1 aliphatic heterocycles. The minimum atomic E-state index is -0.462. The maximum Gasteiger partial charge on any atom is 0.254 e. The third kappa shape index (κ3) is 7.88. The van der Waals surface area contributed by atoms with E-state index in [4.69, 9.17) is 4.99 Å². The molecule has 0 fully saturated rings. The van der Waals surface area contributed by atoms with Gasteiger partial charge in [-0.25, -0.2) is 4.39 Å². The average Bonchev–Trinajstić information content (AvgIpc) is 2.86. The summed E-state index contributed by atoms with van der Waals surface area (Å²) in [5.41, 5.74) is 5.74. The van der Waals surface area contributed by atoms with E-state index in [0.717, 1.165) is 43.4 Å². The van der Waals surface area contributed by atoms with Crippen molar-refractivity contribution in [2.75, 3.05) is 0 Å². The van der Waals surface area contributed by atoms with Gasteiger partial charge < -0.3 is 5.32 Å². The van der Waals surface area contributed by atoms with Crippen LogP contribution in [0.3, 0.4) is 0 Å². The van der Waals surface area contributed by atoms with E-state index in [-0.39, 0.29) is 23.4 Å². The lowest BCUT2D eigenvalue weighted by Crippen LogP contribution is -2.35. The third-order valence-corrected chi connectivity index (χ3v) is 6.88. The molecule has 2 aromatic carbocycles. The maximum atomic E-state index is 15.1. The Hall–Kier alpha value is -2.75. The molecule has 2 aromatic rings. The number of allylic oxidation sites excluding steroid dienone is 2. The number of rotatable bonds is 10. The summed E-state index contributed by atoms with van der Waals surface area (Å²) in [6, 6.07) is 11.5.